The quantitative estimate of drug-likeness (QED) is 0.644. The second kappa shape index (κ2) is 10.2. The van der Waals surface area contributed by atoms with Crippen molar-refractivity contribution in [2.45, 2.75) is 33.2 Å². The number of nitrogens with one attached hydrogen (secondary N) is 1. The molecule has 7 nitrogen and oxygen atoms in total. The van der Waals surface area contributed by atoms with Crippen molar-refractivity contribution in [2.24, 2.45) is 11.7 Å². The predicted molar refractivity (Wildman–Crippen MR) is 103 cm³/mol. The molecule has 2 rings (SSSR count). The maximum atomic E-state index is 12.7. The smallest absolute Gasteiger partial charge is 0.278 e. The molecule has 1 heterocycles. The zero-order chi connectivity index (χ0) is 19.8. The molecule has 1 aromatic rings. The van der Waals surface area contributed by atoms with Crippen LogP contribution in [0.25, 0.3) is 0 Å². The fourth-order valence-corrected chi connectivity index (χ4v) is 3.49. The number of rotatable bonds is 9. The summed E-state index contributed by atoms with van der Waals surface area (Å²) in [5.74, 6) is 1.25. The first-order valence-electron chi connectivity index (χ1n) is 9.68. The Morgan fingerprint density at radius 2 is 1.93 bits per heavy atom. The average Bonchev–Trinajstić information content (AvgIpc) is 2.67. The molecule has 150 valence electrons. The summed E-state index contributed by atoms with van der Waals surface area (Å²) in [4.78, 5) is 27.1. The molecule has 0 aliphatic carbocycles. The Morgan fingerprint density at radius 1 is 1.22 bits per heavy atom. The van der Waals surface area contributed by atoms with Crippen molar-refractivity contribution >= 4 is 11.8 Å². The Balaban J connectivity index is 1.94. The van der Waals surface area contributed by atoms with Gasteiger partial charge in [-0.05, 0) is 31.5 Å². The number of likely N-dealkylation sites (N-methyl/N-ethyl adjacent to an activating group) is 1. The Hall–Kier alpha value is -2.28. The van der Waals surface area contributed by atoms with Gasteiger partial charge in [0.1, 0.15) is 0 Å². The summed E-state index contributed by atoms with van der Waals surface area (Å²) in [7, 11) is 1.61. The van der Waals surface area contributed by atoms with Crippen LogP contribution in [0.2, 0.25) is 0 Å². The Labute approximate surface area is 161 Å². The molecule has 3 N–H and O–H groups in total. The van der Waals surface area contributed by atoms with E-state index in [9.17, 15) is 9.59 Å². The van der Waals surface area contributed by atoms with Crippen LogP contribution in [0.5, 0.6) is 11.5 Å². The molecule has 1 aliphatic rings. The van der Waals surface area contributed by atoms with Crippen molar-refractivity contribution in [1.29, 1.82) is 0 Å². The molecule has 1 aliphatic heterocycles. The van der Waals surface area contributed by atoms with E-state index in [1.54, 1.807) is 7.11 Å². The third-order valence-corrected chi connectivity index (χ3v) is 5.13. The normalized spacial score (nSPS) is 19.4. The lowest BCUT2D eigenvalue weighted by molar-refractivity contribution is -0.898. The lowest BCUT2D eigenvalue weighted by Crippen LogP contribution is -3.14. The molecule has 0 bridgehead atoms. The van der Waals surface area contributed by atoms with Gasteiger partial charge in [-0.1, -0.05) is 6.07 Å². The third kappa shape index (κ3) is 5.85. The van der Waals surface area contributed by atoms with Crippen LogP contribution in [-0.4, -0.2) is 56.6 Å². The van der Waals surface area contributed by atoms with Crippen LogP contribution >= 0.6 is 0 Å². The van der Waals surface area contributed by atoms with Crippen LogP contribution in [0.4, 0.5) is 0 Å². The van der Waals surface area contributed by atoms with E-state index < -0.39 is 0 Å². The predicted octanol–water partition coefficient (Wildman–Crippen LogP) is 0.223. The third-order valence-electron chi connectivity index (χ3n) is 5.13. The van der Waals surface area contributed by atoms with Crippen LogP contribution in [0.3, 0.4) is 0 Å². The van der Waals surface area contributed by atoms with Crippen molar-refractivity contribution in [1.82, 2.24) is 4.90 Å². The van der Waals surface area contributed by atoms with Crippen LogP contribution in [0, 0.1) is 5.92 Å². The van der Waals surface area contributed by atoms with E-state index in [4.69, 9.17) is 15.2 Å². The molecule has 0 radical (unpaired) electrons. The lowest BCUT2D eigenvalue weighted by atomic mass is 9.96. The van der Waals surface area contributed by atoms with Gasteiger partial charge in [0.15, 0.2) is 18.0 Å². The second-order valence-electron chi connectivity index (χ2n) is 6.93. The number of piperidine rings is 1. The van der Waals surface area contributed by atoms with E-state index in [1.807, 2.05) is 36.9 Å². The Bertz CT molecular complexity index is 642. The van der Waals surface area contributed by atoms with Crippen molar-refractivity contribution in [3.63, 3.8) is 0 Å². The number of ether oxygens (including phenoxy) is 2. The first kappa shape index (κ1) is 21.0. The molecule has 0 saturated carbocycles. The maximum Gasteiger partial charge on any atom is 0.278 e. The van der Waals surface area contributed by atoms with Gasteiger partial charge < -0.3 is 25.0 Å². The summed E-state index contributed by atoms with van der Waals surface area (Å²) in [6.45, 7) is 7.75. The number of primary amides is 1. The molecule has 1 aromatic carbocycles. The summed E-state index contributed by atoms with van der Waals surface area (Å²) >= 11 is 0. The minimum Gasteiger partial charge on any atom is -0.493 e. The van der Waals surface area contributed by atoms with Crippen LogP contribution in [0.1, 0.15) is 32.3 Å². The highest BCUT2D eigenvalue weighted by molar-refractivity contribution is 5.77. The van der Waals surface area contributed by atoms with E-state index in [0.29, 0.717) is 37.7 Å². The zero-order valence-electron chi connectivity index (χ0n) is 16.6. The van der Waals surface area contributed by atoms with Crippen molar-refractivity contribution in [2.75, 3.05) is 39.9 Å². The number of carbonyl (C=O) groups is 2. The number of nitrogens with two attached hydrogens (primary N) is 1. The zero-order valence-corrected chi connectivity index (χ0v) is 16.6. The van der Waals surface area contributed by atoms with Gasteiger partial charge in [-0.15, -0.1) is 0 Å². The number of methoxy groups -OCH3 is 1. The highest BCUT2D eigenvalue weighted by atomic mass is 16.5. The summed E-state index contributed by atoms with van der Waals surface area (Å²) in [5, 5.41) is 0. The van der Waals surface area contributed by atoms with Crippen LogP contribution in [0.15, 0.2) is 18.2 Å². The Morgan fingerprint density at radius 3 is 2.48 bits per heavy atom. The molecular weight excluding hydrogens is 346 g/mol. The molecule has 1 fully saturated rings. The molecular formula is C20H32N3O4+. The number of nitrogens with zero attached hydrogens (tertiary/aromatic N) is 1. The number of hydrogen-bond acceptors (Lipinski definition) is 4. The van der Waals surface area contributed by atoms with Crippen molar-refractivity contribution in [3.05, 3.63) is 23.8 Å². The van der Waals surface area contributed by atoms with Crippen molar-refractivity contribution < 1.29 is 24.0 Å². The fourth-order valence-electron chi connectivity index (χ4n) is 3.49. The fraction of sp³-hybridized carbons (Fsp3) is 0.600. The molecule has 2 amide bonds. The van der Waals surface area contributed by atoms with Gasteiger partial charge in [0.2, 0.25) is 5.91 Å². The number of amides is 2. The number of hydrogen-bond donors (Lipinski definition) is 2. The van der Waals surface area contributed by atoms with Crippen LogP contribution < -0.4 is 20.1 Å². The largest absolute Gasteiger partial charge is 0.493 e. The SMILES string of the molecule is CCOc1ccc(CN(CC)C(=O)C[NH+]2CCC(C(N)=O)CC2)cc1OC. The topological polar surface area (TPSA) is 86.3 Å². The summed E-state index contributed by atoms with van der Waals surface area (Å²) in [6.07, 6.45) is 1.53. The summed E-state index contributed by atoms with van der Waals surface area (Å²) in [5.41, 5.74) is 6.39. The number of benzene rings is 1. The van der Waals surface area contributed by atoms with Gasteiger partial charge in [-0.2, -0.15) is 0 Å². The number of carbonyl (C=O) groups excluding carboxylic acids is 2. The minimum atomic E-state index is -0.222. The van der Waals surface area contributed by atoms with Gasteiger partial charge >= 0.3 is 0 Å². The molecule has 0 aromatic heterocycles. The number of quaternary nitrogens is 1. The van der Waals surface area contributed by atoms with E-state index in [0.717, 1.165) is 31.5 Å². The molecule has 0 spiro atoms. The van der Waals surface area contributed by atoms with E-state index in [1.165, 1.54) is 4.90 Å². The molecule has 7 heteroatoms. The maximum absolute atomic E-state index is 12.7. The standard InChI is InChI=1S/C20H31N3O4/c1-4-23(13-15-6-7-17(27-5-2)18(12-15)26-3)19(24)14-22-10-8-16(9-11-22)20(21)25/h6-7,12,16H,4-5,8-11,13-14H2,1-3H3,(H2,21,25)/p+1. The first-order chi connectivity index (χ1) is 13.0. The molecule has 0 unspecified atom stereocenters. The van der Waals surface area contributed by atoms with Crippen molar-refractivity contribution in [3.8, 4) is 11.5 Å². The lowest BCUT2D eigenvalue weighted by Gasteiger charge is -2.29. The molecule has 0 atom stereocenters. The first-order valence-corrected chi connectivity index (χ1v) is 9.68. The highest BCUT2D eigenvalue weighted by Gasteiger charge is 2.28. The molecule has 27 heavy (non-hydrogen) atoms. The average molecular weight is 378 g/mol. The van der Waals surface area contributed by atoms with E-state index in [2.05, 4.69) is 0 Å². The van der Waals surface area contributed by atoms with Gasteiger partial charge in [-0.3, -0.25) is 9.59 Å². The monoisotopic (exact) mass is 378 g/mol. The minimum absolute atomic E-state index is 0.0394. The number of likely N-dealkylation sites (tertiary alicyclic amines) is 1. The second-order valence-corrected chi connectivity index (χ2v) is 6.93. The van der Waals surface area contributed by atoms with Gasteiger partial charge in [-0.25, -0.2) is 0 Å². The Kier molecular flexibility index (Phi) is 7.91. The van der Waals surface area contributed by atoms with Gasteiger partial charge in [0.05, 0.1) is 26.8 Å². The summed E-state index contributed by atoms with van der Waals surface area (Å²) in [6, 6.07) is 5.77. The molecule has 1 saturated heterocycles. The highest BCUT2D eigenvalue weighted by Crippen LogP contribution is 2.28. The van der Waals surface area contributed by atoms with Gasteiger partial charge in [0, 0.05) is 31.8 Å². The van der Waals surface area contributed by atoms with E-state index in [-0.39, 0.29) is 17.7 Å². The van der Waals surface area contributed by atoms with E-state index >= 15 is 0 Å². The van der Waals surface area contributed by atoms with Crippen LogP contribution in [-0.2, 0) is 16.1 Å². The summed E-state index contributed by atoms with van der Waals surface area (Å²) < 4.78 is 10.9. The van der Waals surface area contributed by atoms with Gasteiger partial charge in [0.25, 0.3) is 5.91 Å².